The second-order valence-electron chi connectivity index (χ2n) is 8.03. The van der Waals surface area contributed by atoms with Gasteiger partial charge in [-0.2, -0.15) is 0 Å². The number of carbonyl (C=O) groups excluding carboxylic acids is 3. The minimum absolute atomic E-state index is 0.211. The maximum atomic E-state index is 13.0. The van der Waals surface area contributed by atoms with Gasteiger partial charge in [0.15, 0.2) is 0 Å². The molecule has 6 heteroatoms. The van der Waals surface area contributed by atoms with Crippen LogP contribution in [0.2, 0.25) is 0 Å². The number of Topliss-reactive ketones (excluding diaryl/α,β-unsaturated/α-hetero) is 3. The summed E-state index contributed by atoms with van der Waals surface area (Å²) in [4.78, 5) is 50.1. The normalized spacial score (nSPS) is 27.4. The van der Waals surface area contributed by atoms with Gasteiger partial charge in [-0.3, -0.25) is 14.4 Å². The number of carbonyl (C=O) groups is 4. The number of ketones is 3. The van der Waals surface area contributed by atoms with Crippen LogP contribution in [0.5, 0.6) is 0 Å². The number of aliphatic hydroxyl groups excluding tert-OH is 1. The van der Waals surface area contributed by atoms with E-state index in [0.29, 0.717) is 12.8 Å². The lowest BCUT2D eigenvalue weighted by atomic mass is 9.57. The zero-order valence-corrected chi connectivity index (χ0v) is 15.2. The predicted molar refractivity (Wildman–Crippen MR) is 89.9 cm³/mol. The Morgan fingerprint density at radius 2 is 1.60 bits per heavy atom. The van der Waals surface area contributed by atoms with E-state index in [1.165, 1.54) is 6.92 Å². The van der Waals surface area contributed by atoms with Crippen LogP contribution >= 0.6 is 0 Å². The monoisotopic (exact) mass is 348 g/mol. The standard InChI is InChI=1S/C19H24O6/c1-9(2)10-13(20)11(16(23)24)12(15(22)14(10)21)19(5)8-6-7-18(3,4)17(19)25/h9,20H,6-8H2,1-5H3,(H,23,24)/t19-/m0/s1. The molecule has 0 aromatic heterocycles. The van der Waals surface area contributed by atoms with Crippen LogP contribution in [-0.4, -0.2) is 33.5 Å². The first-order valence-corrected chi connectivity index (χ1v) is 8.41. The fourth-order valence-electron chi connectivity index (χ4n) is 4.08. The highest BCUT2D eigenvalue weighted by atomic mass is 16.4. The summed E-state index contributed by atoms with van der Waals surface area (Å²) in [6.45, 7) is 8.19. The van der Waals surface area contributed by atoms with E-state index in [2.05, 4.69) is 0 Å². The van der Waals surface area contributed by atoms with E-state index < -0.39 is 45.6 Å². The van der Waals surface area contributed by atoms with Crippen LogP contribution in [-0.2, 0) is 19.2 Å². The highest BCUT2D eigenvalue weighted by molar-refractivity contribution is 6.52. The molecule has 0 bridgehead atoms. The molecular formula is C19H24O6. The van der Waals surface area contributed by atoms with Crippen molar-refractivity contribution in [2.45, 2.75) is 53.9 Å². The van der Waals surface area contributed by atoms with E-state index in [1.807, 2.05) is 0 Å². The number of aliphatic carboxylic acids is 1. The van der Waals surface area contributed by atoms with Crippen molar-refractivity contribution in [3.63, 3.8) is 0 Å². The molecular weight excluding hydrogens is 324 g/mol. The smallest absolute Gasteiger partial charge is 0.339 e. The van der Waals surface area contributed by atoms with Gasteiger partial charge >= 0.3 is 5.97 Å². The highest BCUT2D eigenvalue weighted by Gasteiger charge is 2.54. The van der Waals surface area contributed by atoms with Gasteiger partial charge in [0.05, 0.1) is 5.41 Å². The Morgan fingerprint density at radius 3 is 2.08 bits per heavy atom. The third kappa shape index (κ3) is 2.73. The summed E-state index contributed by atoms with van der Waals surface area (Å²) in [6.07, 6.45) is 1.51. The summed E-state index contributed by atoms with van der Waals surface area (Å²) in [6, 6.07) is 0. The van der Waals surface area contributed by atoms with E-state index in [-0.39, 0.29) is 23.4 Å². The Morgan fingerprint density at radius 1 is 1.04 bits per heavy atom. The molecule has 0 aromatic rings. The maximum Gasteiger partial charge on any atom is 0.339 e. The van der Waals surface area contributed by atoms with E-state index in [0.717, 1.165) is 0 Å². The SMILES string of the molecule is CC(C)C1=C(O)C(C(=O)O)=C([C@]2(C)CCCC(C)(C)C2=O)C(=O)C1=O. The first-order valence-electron chi connectivity index (χ1n) is 8.41. The second kappa shape index (κ2) is 5.93. The Hall–Kier alpha value is -2.24. The van der Waals surface area contributed by atoms with Crippen molar-refractivity contribution in [3.8, 4) is 0 Å². The van der Waals surface area contributed by atoms with Gasteiger partial charge in [-0.05, 0) is 25.7 Å². The zero-order valence-electron chi connectivity index (χ0n) is 15.2. The van der Waals surface area contributed by atoms with E-state index >= 15 is 0 Å². The van der Waals surface area contributed by atoms with Gasteiger partial charge in [-0.25, -0.2) is 4.79 Å². The summed E-state index contributed by atoms with van der Waals surface area (Å²) in [5.74, 6) is -4.92. The number of rotatable bonds is 3. The molecule has 2 N–H and O–H groups in total. The highest BCUT2D eigenvalue weighted by Crippen LogP contribution is 2.50. The lowest BCUT2D eigenvalue weighted by Gasteiger charge is -2.43. The average Bonchev–Trinajstić information content (AvgIpc) is 2.47. The Balaban J connectivity index is 2.84. The van der Waals surface area contributed by atoms with Crippen LogP contribution in [0.1, 0.15) is 53.9 Å². The number of carboxylic acids is 1. The van der Waals surface area contributed by atoms with Crippen molar-refractivity contribution in [3.05, 3.63) is 22.5 Å². The average molecular weight is 348 g/mol. The van der Waals surface area contributed by atoms with Gasteiger partial charge in [0.1, 0.15) is 17.1 Å². The van der Waals surface area contributed by atoms with Gasteiger partial charge in [-0.1, -0.05) is 34.1 Å². The van der Waals surface area contributed by atoms with E-state index in [1.54, 1.807) is 27.7 Å². The van der Waals surface area contributed by atoms with Gasteiger partial charge in [-0.15, -0.1) is 0 Å². The molecule has 0 heterocycles. The molecule has 0 saturated heterocycles. The van der Waals surface area contributed by atoms with Crippen molar-refractivity contribution in [1.29, 1.82) is 0 Å². The van der Waals surface area contributed by atoms with Gasteiger partial charge < -0.3 is 10.2 Å². The Kier molecular flexibility index (Phi) is 4.53. The van der Waals surface area contributed by atoms with Crippen LogP contribution in [0.25, 0.3) is 0 Å². The maximum absolute atomic E-state index is 13.0. The molecule has 25 heavy (non-hydrogen) atoms. The third-order valence-electron chi connectivity index (χ3n) is 5.36. The van der Waals surface area contributed by atoms with Crippen LogP contribution in [0.4, 0.5) is 0 Å². The molecule has 2 aliphatic carbocycles. The first kappa shape index (κ1) is 19.1. The van der Waals surface area contributed by atoms with E-state index in [9.17, 15) is 29.4 Å². The molecule has 2 aliphatic rings. The lowest BCUT2D eigenvalue weighted by molar-refractivity contribution is -0.142. The minimum atomic E-state index is -1.51. The van der Waals surface area contributed by atoms with Gasteiger partial charge in [0.2, 0.25) is 11.6 Å². The van der Waals surface area contributed by atoms with Gasteiger partial charge in [0.25, 0.3) is 0 Å². The van der Waals surface area contributed by atoms with Crippen LogP contribution in [0.3, 0.4) is 0 Å². The zero-order chi connectivity index (χ0) is 19.3. The molecule has 1 saturated carbocycles. The van der Waals surface area contributed by atoms with Crippen LogP contribution in [0.15, 0.2) is 22.5 Å². The largest absolute Gasteiger partial charge is 0.507 e. The summed E-state index contributed by atoms with van der Waals surface area (Å²) >= 11 is 0. The second-order valence-corrected chi connectivity index (χ2v) is 8.03. The number of allylic oxidation sites excluding steroid dienone is 2. The molecule has 0 spiro atoms. The molecule has 1 fully saturated rings. The molecule has 0 aliphatic heterocycles. The lowest BCUT2D eigenvalue weighted by Crippen LogP contribution is -2.48. The quantitative estimate of drug-likeness (QED) is 0.599. The molecule has 0 aromatic carbocycles. The molecule has 1 atom stereocenters. The summed E-state index contributed by atoms with van der Waals surface area (Å²) in [5, 5.41) is 20.1. The van der Waals surface area contributed by atoms with Crippen molar-refractivity contribution in [2.75, 3.05) is 0 Å². The van der Waals surface area contributed by atoms with Crippen molar-refractivity contribution in [1.82, 2.24) is 0 Å². The number of aliphatic hydroxyl groups is 1. The van der Waals surface area contributed by atoms with Crippen molar-refractivity contribution in [2.24, 2.45) is 16.7 Å². The van der Waals surface area contributed by atoms with Gasteiger partial charge in [0, 0.05) is 16.6 Å². The number of carboxylic acid groups (broad SMARTS) is 1. The minimum Gasteiger partial charge on any atom is -0.507 e. The van der Waals surface area contributed by atoms with Crippen LogP contribution in [0, 0.1) is 16.7 Å². The van der Waals surface area contributed by atoms with Crippen molar-refractivity contribution < 1.29 is 29.4 Å². The number of hydrogen-bond donors (Lipinski definition) is 2. The Labute approximate surface area is 146 Å². The molecule has 6 nitrogen and oxygen atoms in total. The predicted octanol–water partition coefficient (Wildman–Crippen LogP) is 2.77. The third-order valence-corrected chi connectivity index (χ3v) is 5.36. The molecule has 0 amide bonds. The molecule has 0 unspecified atom stereocenters. The first-order chi connectivity index (χ1) is 11.4. The summed E-state index contributed by atoms with van der Waals surface area (Å²) < 4.78 is 0. The molecule has 2 rings (SSSR count). The Bertz CT molecular complexity index is 750. The fraction of sp³-hybridized carbons (Fsp3) is 0.579. The fourth-order valence-corrected chi connectivity index (χ4v) is 4.08. The topological polar surface area (TPSA) is 109 Å². The summed E-state index contributed by atoms with van der Waals surface area (Å²) in [5.41, 5.74) is -3.33. The molecule has 0 radical (unpaired) electrons. The number of hydrogen-bond acceptors (Lipinski definition) is 5. The van der Waals surface area contributed by atoms with E-state index in [4.69, 9.17) is 0 Å². The van der Waals surface area contributed by atoms with Crippen molar-refractivity contribution >= 4 is 23.3 Å². The summed E-state index contributed by atoms with van der Waals surface area (Å²) in [7, 11) is 0. The van der Waals surface area contributed by atoms with Crippen LogP contribution < -0.4 is 0 Å². The molecule has 136 valence electrons.